The van der Waals surface area contributed by atoms with E-state index in [1.807, 2.05) is 6.07 Å². The lowest BCUT2D eigenvalue weighted by atomic mass is 10.0. The summed E-state index contributed by atoms with van der Waals surface area (Å²) in [6.07, 6.45) is 4.78. The lowest BCUT2D eigenvalue weighted by molar-refractivity contribution is 0.177. The Balaban J connectivity index is 1.64. The van der Waals surface area contributed by atoms with Gasteiger partial charge in [0, 0.05) is 19.6 Å². The second kappa shape index (κ2) is 10.3. The molecular formula is C25H34N2O4S2. The van der Waals surface area contributed by atoms with Crippen molar-refractivity contribution < 1.29 is 16.8 Å². The van der Waals surface area contributed by atoms with Crippen molar-refractivity contribution in [2.75, 3.05) is 38.5 Å². The molecule has 0 N–H and O–H groups in total. The van der Waals surface area contributed by atoms with Gasteiger partial charge in [0.1, 0.15) is 5.25 Å². The standard InChI is InChI=1S/C25H34N2O4S2/c1-2-14-27(18-17-26-15-7-4-8-16-26)19-21-10-9-13-23-25(21)24(20-32(23,28)29)33(30,31)22-11-5-3-6-12-22/h3,5-6,9-13,24H,2,4,7-8,14-20H2,1H3. The molecule has 2 heterocycles. The molecule has 0 bridgehead atoms. The Bertz CT molecular complexity index is 1160. The number of nitrogens with zero attached hydrogens (tertiary/aromatic N) is 2. The van der Waals surface area contributed by atoms with Crippen molar-refractivity contribution in [3.05, 3.63) is 59.7 Å². The summed E-state index contributed by atoms with van der Waals surface area (Å²) in [7, 11) is -7.48. The van der Waals surface area contributed by atoms with Gasteiger partial charge in [0.05, 0.1) is 15.5 Å². The largest absolute Gasteiger partial charge is 0.302 e. The highest BCUT2D eigenvalue weighted by Crippen LogP contribution is 2.43. The molecule has 1 unspecified atom stereocenters. The smallest absolute Gasteiger partial charge is 0.186 e. The Morgan fingerprint density at radius 2 is 1.70 bits per heavy atom. The summed E-state index contributed by atoms with van der Waals surface area (Å²) in [5.74, 6) is -0.391. The number of hydrogen-bond donors (Lipinski definition) is 0. The van der Waals surface area contributed by atoms with Crippen LogP contribution in [0.3, 0.4) is 0 Å². The van der Waals surface area contributed by atoms with Gasteiger partial charge in [-0.25, -0.2) is 16.8 Å². The van der Waals surface area contributed by atoms with Crippen molar-refractivity contribution in [1.29, 1.82) is 0 Å². The van der Waals surface area contributed by atoms with Crippen LogP contribution in [-0.4, -0.2) is 65.1 Å². The highest BCUT2D eigenvalue weighted by Gasteiger charge is 2.44. The van der Waals surface area contributed by atoms with E-state index in [-0.39, 0.29) is 9.79 Å². The van der Waals surface area contributed by atoms with E-state index in [4.69, 9.17) is 0 Å². The number of piperidine rings is 1. The minimum atomic E-state index is -3.83. The third-order valence-electron chi connectivity index (χ3n) is 6.75. The van der Waals surface area contributed by atoms with Crippen LogP contribution in [0.25, 0.3) is 0 Å². The molecule has 1 saturated heterocycles. The molecule has 0 radical (unpaired) electrons. The molecule has 1 atom stereocenters. The monoisotopic (exact) mass is 490 g/mol. The van der Waals surface area contributed by atoms with Gasteiger partial charge in [-0.05, 0) is 68.2 Å². The molecule has 6 nitrogen and oxygen atoms in total. The van der Waals surface area contributed by atoms with Gasteiger partial charge in [-0.15, -0.1) is 0 Å². The summed E-state index contributed by atoms with van der Waals surface area (Å²) in [6, 6.07) is 13.4. The molecule has 1 fully saturated rings. The number of likely N-dealkylation sites (tertiary alicyclic amines) is 1. The summed E-state index contributed by atoms with van der Waals surface area (Å²) in [6.45, 7) is 7.73. The van der Waals surface area contributed by atoms with Gasteiger partial charge in [-0.3, -0.25) is 4.90 Å². The summed E-state index contributed by atoms with van der Waals surface area (Å²) >= 11 is 0. The minimum Gasteiger partial charge on any atom is -0.302 e. The van der Waals surface area contributed by atoms with Crippen LogP contribution in [-0.2, 0) is 26.2 Å². The zero-order valence-electron chi connectivity index (χ0n) is 19.3. The zero-order chi connectivity index (χ0) is 23.5. The van der Waals surface area contributed by atoms with Crippen molar-refractivity contribution in [2.45, 2.75) is 54.2 Å². The van der Waals surface area contributed by atoms with E-state index in [2.05, 4.69) is 16.7 Å². The Labute approximate surface area is 198 Å². The molecule has 0 spiro atoms. The maximum Gasteiger partial charge on any atom is 0.186 e. The molecule has 2 aromatic rings. The topological polar surface area (TPSA) is 74.8 Å². The zero-order valence-corrected chi connectivity index (χ0v) is 21.0. The molecule has 33 heavy (non-hydrogen) atoms. The molecule has 0 saturated carbocycles. The predicted molar refractivity (Wildman–Crippen MR) is 131 cm³/mol. The normalized spacial score (nSPS) is 20.7. The van der Waals surface area contributed by atoms with Gasteiger partial charge >= 0.3 is 0 Å². The van der Waals surface area contributed by atoms with Crippen molar-refractivity contribution in [3.63, 3.8) is 0 Å². The first-order chi connectivity index (χ1) is 15.8. The van der Waals surface area contributed by atoms with Crippen LogP contribution >= 0.6 is 0 Å². The van der Waals surface area contributed by atoms with E-state index < -0.39 is 30.7 Å². The molecule has 8 heteroatoms. The molecule has 180 valence electrons. The Hall–Kier alpha value is -1.74. The second-order valence-electron chi connectivity index (χ2n) is 9.14. The van der Waals surface area contributed by atoms with Crippen molar-refractivity contribution >= 4 is 19.7 Å². The van der Waals surface area contributed by atoms with Crippen LogP contribution in [0.1, 0.15) is 49.0 Å². The van der Waals surface area contributed by atoms with Gasteiger partial charge in [0.25, 0.3) is 0 Å². The quantitative estimate of drug-likeness (QED) is 0.534. The lowest BCUT2D eigenvalue weighted by Gasteiger charge is -2.30. The number of sulfone groups is 2. The van der Waals surface area contributed by atoms with E-state index in [1.54, 1.807) is 42.5 Å². The van der Waals surface area contributed by atoms with E-state index in [0.29, 0.717) is 12.1 Å². The highest BCUT2D eigenvalue weighted by molar-refractivity contribution is 7.96. The third kappa shape index (κ3) is 5.34. The van der Waals surface area contributed by atoms with Crippen molar-refractivity contribution in [2.24, 2.45) is 0 Å². The molecule has 0 aliphatic carbocycles. The highest BCUT2D eigenvalue weighted by atomic mass is 32.2. The molecule has 2 aliphatic rings. The van der Waals surface area contributed by atoms with Crippen LogP contribution < -0.4 is 0 Å². The van der Waals surface area contributed by atoms with Crippen molar-refractivity contribution in [1.82, 2.24) is 9.80 Å². The maximum absolute atomic E-state index is 13.5. The van der Waals surface area contributed by atoms with Gasteiger partial charge in [-0.2, -0.15) is 0 Å². The molecule has 2 aromatic carbocycles. The first-order valence-corrected chi connectivity index (χ1v) is 15.1. The number of fused-ring (bicyclic) bond motifs is 1. The molecule has 0 aromatic heterocycles. The summed E-state index contributed by atoms with van der Waals surface area (Å²) in [5.41, 5.74) is 1.28. The Kier molecular flexibility index (Phi) is 7.58. The van der Waals surface area contributed by atoms with Crippen LogP contribution in [0.5, 0.6) is 0 Å². The van der Waals surface area contributed by atoms with E-state index >= 15 is 0 Å². The van der Waals surface area contributed by atoms with Gasteiger partial charge in [0.2, 0.25) is 0 Å². The maximum atomic E-state index is 13.5. The SMILES string of the molecule is CCCN(CCN1CCCCC1)Cc1cccc2c1C(S(=O)(=O)c1ccccc1)CS2(=O)=O. The lowest BCUT2D eigenvalue weighted by Crippen LogP contribution is -2.38. The second-order valence-corrected chi connectivity index (χ2v) is 13.3. The predicted octanol–water partition coefficient (Wildman–Crippen LogP) is 3.69. The average Bonchev–Trinajstić information content (AvgIpc) is 3.11. The molecule has 0 amide bonds. The fourth-order valence-corrected chi connectivity index (χ4v) is 9.47. The van der Waals surface area contributed by atoms with Crippen molar-refractivity contribution in [3.8, 4) is 0 Å². The van der Waals surface area contributed by atoms with Crippen LogP contribution in [0, 0.1) is 0 Å². The van der Waals surface area contributed by atoms with Gasteiger partial charge < -0.3 is 4.90 Å². The molecule has 4 rings (SSSR count). The number of benzene rings is 2. The van der Waals surface area contributed by atoms with E-state index in [0.717, 1.165) is 44.7 Å². The van der Waals surface area contributed by atoms with Crippen LogP contribution in [0.2, 0.25) is 0 Å². The third-order valence-corrected chi connectivity index (χ3v) is 10.8. The fourth-order valence-electron chi connectivity index (χ4n) is 5.05. The van der Waals surface area contributed by atoms with E-state index in [9.17, 15) is 16.8 Å². The van der Waals surface area contributed by atoms with Gasteiger partial charge in [0.15, 0.2) is 19.7 Å². The summed E-state index contributed by atoms with van der Waals surface area (Å²) < 4.78 is 52.9. The van der Waals surface area contributed by atoms with Gasteiger partial charge in [-0.1, -0.05) is 43.7 Å². The number of rotatable bonds is 9. The first-order valence-electron chi connectivity index (χ1n) is 11.9. The van der Waals surface area contributed by atoms with Crippen LogP contribution in [0.4, 0.5) is 0 Å². The fraction of sp³-hybridized carbons (Fsp3) is 0.520. The Morgan fingerprint density at radius 3 is 2.39 bits per heavy atom. The Morgan fingerprint density at radius 1 is 0.970 bits per heavy atom. The van der Waals surface area contributed by atoms with Crippen LogP contribution in [0.15, 0.2) is 58.3 Å². The molecule has 2 aliphatic heterocycles. The first kappa shape index (κ1) is 24.4. The number of hydrogen-bond acceptors (Lipinski definition) is 6. The average molecular weight is 491 g/mol. The van der Waals surface area contributed by atoms with E-state index in [1.165, 1.54) is 19.3 Å². The minimum absolute atomic E-state index is 0.170. The molecular weight excluding hydrogens is 456 g/mol. The summed E-state index contributed by atoms with van der Waals surface area (Å²) in [5, 5.41) is -1.07. The summed E-state index contributed by atoms with van der Waals surface area (Å²) in [4.78, 5) is 5.18.